The minimum Gasteiger partial charge on any atom is -0.330 e. The molecule has 0 aliphatic rings. The summed E-state index contributed by atoms with van der Waals surface area (Å²) in [6.07, 6.45) is 3.10. The number of rotatable bonds is 6. The van der Waals surface area contributed by atoms with Gasteiger partial charge in [0.2, 0.25) is 5.91 Å². The summed E-state index contributed by atoms with van der Waals surface area (Å²) in [5, 5.41) is 0. The fourth-order valence-corrected chi connectivity index (χ4v) is 1.62. The van der Waals surface area contributed by atoms with Crippen molar-refractivity contribution in [3.05, 3.63) is 30.1 Å². The van der Waals surface area contributed by atoms with Gasteiger partial charge in [-0.3, -0.25) is 4.79 Å². The van der Waals surface area contributed by atoms with Crippen molar-refractivity contribution < 1.29 is 9.18 Å². The molecular formula is C13H19FN2O. The summed E-state index contributed by atoms with van der Waals surface area (Å²) in [4.78, 5) is 13.2. The van der Waals surface area contributed by atoms with Crippen molar-refractivity contribution in [1.29, 1.82) is 0 Å². The Morgan fingerprint density at radius 2 is 2.00 bits per heavy atom. The first-order valence-corrected chi connectivity index (χ1v) is 5.88. The van der Waals surface area contributed by atoms with Crippen molar-refractivity contribution in [3.8, 4) is 0 Å². The summed E-state index contributed by atoms with van der Waals surface area (Å²) in [7, 11) is 1.60. The van der Waals surface area contributed by atoms with Crippen LogP contribution in [0.3, 0.4) is 0 Å². The Labute approximate surface area is 101 Å². The number of carbonyl (C=O) groups is 1. The Bertz CT molecular complexity index is 368. The van der Waals surface area contributed by atoms with Crippen molar-refractivity contribution in [2.24, 2.45) is 5.73 Å². The van der Waals surface area contributed by atoms with Gasteiger partial charge < -0.3 is 10.6 Å². The van der Waals surface area contributed by atoms with E-state index in [2.05, 4.69) is 0 Å². The maximum absolute atomic E-state index is 13.4. The predicted molar refractivity (Wildman–Crippen MR) is 67.3 cm³/mol. The maximum Gasteiger partial charge on any atom is 0.226 e. The molecule has 0 saturated carbocycles. The molecule has 0 aromatic heterocycles. The van der Waals surface area contributed by atoms with Crippen molar-refractivity contribution in [1.82, 2.24) is 0 Å². The molecule has 2 N–H and O–H groups in total. The van der Waals surface area contributed by atoms with Crippen molar-refractivity contribution >= 4 is 11.6 Å². The first kappa shape index (κ1) is 13.6. The predicted octanol–water partition coefficient (Wildman–Crippen LogP) is 2.31. The first-order chi connectivity index (χ1) is 8.16. The SMILES string of the molecule is CN(C(=O)CCCCCN)c1ccccc1F. The fraction of sp³-hybridized carbons (Fsp3) is 0.462. The minimum atomic E-state index is -0.370. The second-order valence-corrected chi connectivity index (χ2v) is 4.00. The van der Waals surface area contributed by atoms with Gasteiger partial charge in [-0.15, -0.1) is 0 Å². The minimum absolute atomic E-state index is 0.0629. The van der Waals surface area contributed by atoms with Crippen LogP contribution >= 0.6 is 0 Å². The molecule has 0 bridgehead atoms. The van der Waals surface area contributed by atoms with Gasteiger partial charge in [0.15, 0.2) is 0 Å². The number of anilines is 1. The van der Waals surface area contributed by atoms with Gasteiger partial charge in [0, 0.05) is 13.5 Å². The number of hydrogen-bond donors (Lipinski definition) is 1. The highest BCUT2D eigenvalue weighted by Gasteiger charge is 2.13. The van der Waals surface area contributed by atoms with Gasteiger partial charge in [-0.25, -0.2) is 4.39 Å². The maximum atomic E-state index is 13.4. The molecular weight excluding hydrogens is 219 g/mol. The summed E-state index contributed by atoms with van der Waals surface area (Å²) in [5.74, 6) is -0.433. The van der Waals surface area contributed by atoms with Gasteiger partial charge in [0.25, 0.3) is 0 Å². The van der Waals surface area contributed by atoms with Crippen LogP contribution in [0.1, 0.15) is 25.7 Å². The van der Waals surface area contributed by atoms with E-state index in [1.807, 2.05) is 0 Å². The van der Waals surface area contributed by atoms with Crippen molar-refractivity contribution in [2.75, 3.05) is 18.5 Å². The lowest BCUT2D eigenvalue weighted by Gasteiger charge is -2.17. The third-order valence-electron chi connectivity index (χ3n) is 2.68. The largest absolute Gasteiger partial charge is 0.330 e. The standard InChI is InChI=1S/C13H19FN2O/c1-16(12-8-5-4-7-11(12)14)13(17)9-3-2-6-10-15/h4-5,7-8H,2-3,6,9-10,15H2,1H3. The lowest BCUT2D eigenvalue weighted by molar-refractivity contribution is -0.118. The molecule has 0 radical (unpaired) electrons. The van der Waals surface area contributed by atoms with Gasteiger partial charge >= 0.3 is 0 Å². The van der Waals surface area contributed by atoms with Crippen LogP contribution in [-0.4, -0.2) is 19.5 Å². The zero-order valence-corrected chi connectivity index (χ0v) is 10.2. The average Bonchev–Trinajstić information content (AvgIpc) is 2.34. The van der Waals surface area contributed by atoms with Crippen molar-refractivity contribution in [3.63, 3.8) is 0 Å². The number of hydrogen-bond acceptors (Lipinski definition) is 2. The summed E-state index contributed by atoms with van der Waals surface area (Å²) in [6.45, 7) is 0.650. The first-order valence-electron chi connectivity index (χ1n) is 5.88. The number of para-hydroxylation sites is 1. The van der Waals surface area contributed by atoms with E-state index in [9.17, 15) is 9.18 Å². The van der Waals surface area contributed by atoms with E-state index in [1.165, 1.54) is 11.0 Å². The van der Waals surface area contributed by atoms with Crippen LogP contribution in [0.15, 0.2) is 24.3 Å². The fourth-order valence-electron chi connectivity index (χ4n) is 1.62. The molecule has 1 aromatic rings. The number of amides is 1. The van der Waals surface area contributed by atoms with E-state index in [0.717, 1.165) is 19.3 Å². The Morgan fingerprint density at radius 3 is 2.65 bits per heavy atom. The molecule has 0 heterocycles. The summed E-state index contributed by atoms with van der Waals surface area (Å²) < 4.78 is 13.4. The molecule has 94 valence electrons. The van der Waals surface area contributed by atoms with E-state index in [-0.39, 0.29) is 11.7 Å². The Hall–Kier alpha value is -1.42. The number of nitrogens with two attached hydrogens (primary N) is 1. The highest BCUT2D eigenvalue weighted by molar-refractivity contribution is 5.92. The molecule has 17 heavy (non-hydrogen) atoms. The molecule has 3 nitrogen and oxygen atoms in total. The van der Waals surface area contributed by atoms with E-state index in [4.69, 9.17) is 5.73 Å². The van der Waals surface area contributed by atoms with Gasteiger partial charge in [-0.2, -0.15) is 0 Å². The summed E-state index contributed by atoms with van der Waals surface area (Å²) >= 11 is 0. The van der Waals surface area contributed by atoms with E-state index < -0.39 is 0 Å². The Morgan fingerprint density at radius 1 is 1.29 bits per heavy atom. The van der Waals surface area contributed by atoms with Crippen LogP contribution < -0.4 is 10.6 Å². The molecule has 0 atom stereocenters. The normalized spacial score (nSPS) is 10.3. The molecule has 0 saturated heterocycles. The number of nitrogens with zero attached hydrogens (tertiary/aromatic N) is 1. The van der Waals surface area contributed by atoms with Crippen LogP contribution in [0.4, 0.5) is 10.1 Å². The molecule has 0 unspecified atom stereocenters. The van der Waals surface area contributed by atoms with Crippen LogP contribution in [0.25, 0.3) is 0 Å². The lowest BCUT2D eigenvalue weighted by Crippen LogP contribution is -2.26. The molecule has 0 aliphatic heterocycles. The summed E-state index contributed by atoms with van der Waals surface area (Å²) in [5.41, 5.74) is 5.70. The lowest BCUT2D eigenvalue weighted by atomic mass is 10.1. The number of unbranched alkanes of at least 4 members (excludes halogenated alkanes) is 2. The molecule has 1 aromatic carbocycles. The molecule has 1 rings (SSSR count). The number of halogens is 1. The van der Waals surface area contributed by atoms with Gasteiger partial charge in [-0.05, 0) is 31.5 Å². The molecule has 1 amide bonds. The van der Waals surface area contributed by atoms with Crippen LogP contribution in [-0.2, 0) is 4.79 Å². The van der Waals surface area contributed by atoms with Gasteiger partial charge in [-0.1, -0.05) is 18.6 Å². The topological polar surface area (TPSA) is 46.3 Å². The molecule has 0 aliphatic carbocycles. The molecule has 4 heteroatoms. The van der Waals surface area contributed by atoms with Crippen LogP contribution in [0.5, 0.6) is 0 Å². The molecule has 0 spiro atoms. The van der Waals surface area contributed by atoms with E-state index in [0.29, 0.717) is 18.7 Å². The highest BCUT2D eigenvalue weighted by Crippen LogP contribution is 2.18. The Balaban J connectivity index is 2.49. The molecule has 0 fully saturated rings. The number of benzene rings is 1. The smallest absolute Gasteiger partial charge is 0.226 e. The third-order valence-corrected chi connectivity index (χ3v) is 2.68. The quantitative estimate of drug-likeness (QED) is 0.773. The summed E-state index contributed by atoms with van der Waals surface area (Å²) in [6, 6.07) is 6.29. The zero-order chi connectivity index (χ0) is 12.7. The Kier molecular flexibility index (Phi) is 5.63. The third kappa shape index (κ3) is 4.15. The van der Waals surface area contributed by atoms with Crippen molar-refractivity contribution in [2.45, 2.75) is 25.7 Å². The second kappa shape index (κ2) is 7.01. The van der Waals surface area contributed by atoms with Gasteiger partial charge in [0.05, 0.1) is 5.69 Å². The van der Waals surface area contributed by atoms with E-state index in [1.54, 1.807) is 25.2 Å². The van der Waals surface area contributed by atoms with Crippen LogP contribution in [0.2, 0.25) is 0 Å². The van der Waals surface area contributed by atoms with Crippen LogP contribution in [0, 0.1) is 5.82 Å². The van der Waals surface area contributed by atoms with E-state index >= 15 is 0 Å². The monoisotopic (exact) mass is 238 g/mol. The highest BCUT2D eigenvalue weighted by atomic mass is 19.1. The average molecular weight is 238 g/mol. The van der Waals surface area contributed by atoms with Gasteiger partial charge in [0.1, 0.15) is 5.82 Å². The zero-order valence-electron chi connectivity index (χ0n) is 10.2. The number of carbonyl (C=O) groups excluding carboxylic acids is 1. The second-order valence-electron chi connectivity index (χ2n) is 4.00.